The molecule has 196 valence electrons. The van der Waals surface area contributed by atoms with Crippen molar-refractivity contribution in [3.05, 3.63) is 96.3 Å². The first-order chi connectivity index (χ1) is 18.6. The van der Waals surface area contributed by atoms with Crippen LogP contribution in [0.25, 0.3) is 6.08 Å². The van der Waals surface area contributed by atoms with Gasteiger partial charge in [-0.1, -0.05) is 81.1 Å². The van der Waals surface area contributed by atoms with Crippen molar-refractivity contribution in [2.75, 3.05) is 4.90 Å². The van der Waals surface area contributed by atoms with Gasteiger partial charge in [0.15, 0.2) is 5.76 Å². The molecular formula is C33H37N3O2. The quantitative estimate of drug-likeness (QED) is 0.288. The van der Waals surface area contributed by atoms with Crippen molar-refractivity contribution in [3.63, 3.8) is 0 Å². The minimum atomic E-state index is -0.0707. The van der Waals surface area contributed by atoms with Gasteiger partial charge in [0.05, 0.1) is 6.04 Å². The van der Waals surface area contributed by atoms with Gasteiger partial charge in [0.2, 0.25) is 0 Å². The van der Waals surface area contributed by atoms with Gasteiger partial charge >= 0.3 is 6.02 Å². The van der Waals surface area contributed by atoms with Crippen LogP contribution in [-0.4, -0.2) is 28.9 Å². The number of nitrogens with zero attached hydrogens (tertiary/aromatic N) is 3. The van der Waals surface area contributed by atoms with Crippen LogP contribution in [0.15, 0.2) is 95.7 Å². The molecule has 0 bridgehead atoms. The highest BCUT2D eigenvalue weighted by atomic mass is 16.5. The molecule has 1 amide bonds. The van der Waals surface area contributed by atoms with Gasteiger partial charge in [-0.3, -0.25) is 9.69 Å². The number of anilines is 3. The molecule has 0 spiro atoms. The first kappa shape index (κ1) is 25.8. The Bertz CT molecular complexity index is 1220. The summed E-state index contributed by atoms with van der Waals surface area (Å²) in [4.78, 5) is 22.4. The number of hydrogen-bond donors (Lipinski definition) is 0. The molecule has 0 N–H and O–H groups in total. The van der Waals surface area contributed by atoms with Gasteiger partial charge in [0.1, 0.15) is 0 Å². The first-order valence-corrected chi connectivity index (χ1v) is 13.9. The lowest BCUT2D eigenvalue weighted by atomic mass is 9.94. The van der Waals surface area contributed by atoms with E-state index in [9.17, 15) is 4.79 Å². The molecule has 1 atom stereocenters. The molecule has 5 heteroatoms. The normalized spacial score (nSPS) is 19.1. The molecule has 1 saturated carbocycles. The van der Waals surface area contributed by atoms with Crippen molar-refractivity contribution >= 4 is 35.1 Å². The predicted octanol–water partition coefficient (Wildman–Crippen LogP) is 8.23. The summed E-state index contributed by atoms with van der Waals surface area (Å²) in [5.41, 5.74) is 4.14. The van der Waals surface area contributed by atoms with Crippen LogP contribution in [0, 0.1) is 0 Å². The summed E-state index contributed by atoms with van der Waals surface area (Å²) >= 11 is 0. The summed E-state index contributed by atoms with van der Waals surface area (Å²) in [6, 6.07) is 29.7. The molecule has 1 heterocycles. The van der Waals surface area contributed by atoms with E-state index in [0.717, 1.165) is 61.2 Å². The highest BCUT2D eigenvalue weighted by Crippen LogP contribution is 2.35. The molecule has 1 aliphatic carbocycles. The molecule has 1 unspecified atom stereocenters. The smallest absolute Gasteiger partial charge is 0.300 e. The monoisotopic (exact) mass is 507 g/mol. The van der Waals surface area contributed by atoms with Crippen LogP contribution in [0.4, 0.5) is 17.1 Å². The van der Waals surface area contributed by atoms with Crippen molar-refractivity contribution in [2.24, 2.45) is 4.99 Å². The van der Waals surface area contributed by atoms with Crippen molar-refractivity contribution in [3.8, 4) is 0 Å². The minimum absolute atomic E-state index is 0.0707. The molecule has 38 heavy (non-hydrogen) atoms. The summed E-state index contributed by atoms with van der Waals surface area (Å²) in [6.07, 6.45) is 9.41. The van der Waals surface area contributed by atoms with Crippen LogP contribution < -0.4 is 4.90 Å². The number of ether oxygens (including phenoxy) is 1. The van der Waals surface area contributed by atoms with Crippen LogP contribution in [0.5, 0.6) is 0 Å². The maximum atomic E-state index is 13.5. The third kappa shape index (κ3) is 5.83. The Morgan fingerprint density at radius 2 is 1.47 bits per heavy atom. The van der Waals surface area contributed by atoms with E-state index in [0.29, 0.717) is 11.8 Å². The minimum Gasteiger partial charge on any atom is -0.420 e. The maximum Gasteiger partial charge on any atom is 0.300 e. The Morgan fingerprint density at radius 3 is 2.05 bits per heavy atom. The number of amides is 1. The second-order valence-electron chi connectivity index (χ2n) is 10.2. The van der Waals surface area contributed by atoms with Crippen LogP contribution in [0.3, 0.4) is 0 Å². The van der Waals surface area contributed by atoms with E-state index in [1.54, 1.807) is 0 Å². The number of carbonyl (C=O) groups excluding carboxylic acids is 1. The van der Waals surface area contributed by atoms with Crippen molar-refractivity contribution < 1.29 is 9.53 Å². The van der Waals surface area contributed by atoms with Gasteiger partial charge in [-0.25, -0.2) is 4.99 Å². The van der Waals surface area contributed by atoms with Gasteiger partial charge in [-0.05, 0) is 74.2 Å². The lowest BCUT2D eigenvalue weighted by molar-refractivity contribution is -0.124. The van der Waals surface area contributed by atoms with Crippen LogP contribution in [-0.2, 0) is 9.53 Å². The van der Waals surface area contributed by atoms with Gasteiger partial charge in [0.25, 0.3) is 5.91 Å². The van der Waals surface area contributed by atoms with E-state index >= 15 is 0 Å². The molecule has 0 radical (unpaired) electrons. The molecule has 2 aliphatic rings. The summed E-state index contributed by atoms with van der Waals surface area (Å²) < 4.78 is 6.15. The first-order valence-electron chi connectivity index (χ1n) is 13.9. The zero-order valence-electron chi connectivity index (χ0n) is 22.4. The molecule has 0 aromatic heterocycles. The zero-order valence-corrected chi connectivity index (χ0v) is 22.4. The fourth-order valence-electron chi connectivity index (χ4n) is 5.38. The average Bonchev–Trinajstić information content (AvgIpc) is 3.25. The number of hydrogen-bond acceptors (Lipinski definition) is 4. The van der Waals surface area contributed by atoms with E-state index in [1.807, 2.05) is 59.5 Å². The topological polar surface area (TPSA) is 45.1 Å². The summed E-state index contributed by atoms with van der Waals surface area (Å²) in [7, 11) is 0. The second-order valence-corrected chi connectivity index (χ2v) is 10.2. The van der Waals surface area contributed by atoms with Crippen molar-refractivity contribution in [2.45, 2.75) is 70.9 Å². The van der Waals surface area contributed by atoms with Gasteiger partial charge in [0, 0.05) is 23.1 Å². The summed E-state index contributed by atoms with van der Waals surface area (Å²) in [5.74, 6) is 0.285. The van der Waals surface area contributed by atoms with Gasteiger partial charge in [-0.15, -0.1) is 0 Å². The molecular weight excluding hydrogens is 470 g/mol. The van der Waals surface area contributed by atoms with Crippen molar-refractivity contribution in [1.82, 2.24) is 4.90 Å². The number of rotatable bonds is 8. The molecule has 2 fully saturated rings. The third-order valence-corrected chi connectivity index (χ3v) is 7.29. The predicted molar refractivity (Wildman–Crippen MR) is 156 cm³/mol. The fraction of sp³-hybridized carbons (Fsp3) is 0.333. The Hall–Kier alpha value is -3.86. The lowest BCUT2D eigenvalue weighted by Crippen LogP contribution is -2.41. The fourth-order valence-corrected chi connectivity index (χ4v) is 5.38. The van der Waals surface area contributed by atoms with E-state index in [-0.39, 0.29) is 18.0 Å². The third-order valence-electron chi connectivity index (χ3n) is 7.29. The Kier molecular flexibility index (Phi) is 8.22. The molecule has 5 nitrogen and oxygen atoms in total. The second kappa shape index (κ2) is 12.1. The Labute approximate surface area is 226 Å². The lowest BCUT2D eigenvalue weighted by Gasteiger charge is -2.29. The van der Waals surface area contributed by atoms with E-state index in [1.165, 1.54) is 6.42 Å². The largest absolute Gasteiger partial charge is 0.420 e. The molecule has 3 aromatic rings. The van der Waals surface area contributed by atoms with Crippen LogP contribution in [0.2, 0.25) is 0 Å². The number of benzene rings is 3. The zero-order chi connectivity index (χ0) is 26.3. The molecule has 1 saturated heterocycles. The molecule has 5 rings (SSSR count). The Balaban J connectivity index is 1.43. The van der Waals surface area contributed by atoms with E-state index < -0.39 is 0 Å². The highest BCUT2D eigenvalue weighted by molar-refractivity contribution is 6.11. The number of aliphatic imine (C=N–C) groups is 1. The van der Waals surface area contributed by atoms with E-state index in [2.05, 4.69) is 55.1 Å². The number of para-hydroxylation sites is 2. The number of carbonyl (C=O) groups is 1. The summed E-state index contributed by atoms with van der Waals surface area (Å²) in [5, 5.41) is 0. The maximum absolute atomic E-state index is 13.5. The Morgan fingerprint density at radius 1 is 0.895 bits per heavy atom. The van der Waals surface area contributed by atoms with Crippen LogP contribution >= 0.6 is 0 Å². The van der Waals surface area contributed by atoms with E-state index in [4.69, 9.17) is 9.73 Å². The number of amidine groups is 1. The summed E-state index contributed by atoms with van der Waals surface area (Å²) in [6.45, 7) is 4.25. The van der Waals surface area contributed by atoms with Crippen molar-refractivity contribution in [1.29, 1.82) is 0 Å². The standard InChI is InChI=1S/C33H37N3O2/c1-3-13-25(2)34-33-36(29-18-11-6-12-19-29)32(37)31(38-33)24-26-20-22-30(23-21-26)35(27-14-7-4-8-15-27)28-16-9-5-10-17-28/h4-5,7-10,14-17,20-25,29H,3,6,11-13,18-19H2,1-2H3/b31-24+,34-33?. The molecule has 1 aliphatic heterocycles. The average molecular weight is 508 g/mol. The molecule has 3 aromatic carbocycles. The SMILES string of the molecule is CCCC(C)N=C1O/C(=C/c2ccc(N(c3ccccc3)c3ccccc3)cc2)C(=O)N1C1CCCCC1. The van der Waals surface area contributed by atoms with Gasteiger partial charge < -0.3 is 9.64 Å². The van der Waals surface area contributed by atoms with Crippen LogP contribution in [0.1, 0.15) is 64.4 Å². The van der Waals surface area contributed by atoms with Gasteiger partial charge in [-0.2, -0.15) is 0 Å². The highest BCUT2D eigenvalue weighted by Gasteiger charge is 2.40.